The number of ether oxygens (including phenoxy) is 1. The number of allylic oxidation sites excluding steroid dienone is 2. The Hall–Kier alpha value is -2.41. The lowest BCUT2D eigenvalue weighted by molar-refractivity contribution is 0.103. The molecule has 0 aliphatic heterocycles. The molecule has 0 spiro atoms. The van der Waals surface area contributed by atoms with Crippen molar-refractivity contribution in [2.45, 2.75) is 59.4 Å². The lowest BCUT2D eigenvalue weighted by Gasteiger charge is -2.17. The highest BCUT2D eigenvalue weighted by atomic mass is 32.2. The first kappa shape index (κ1) is 22.9. The number of hydrogen-bond donors (Lipinski definition) is 0. The molecule has 29 heavy (non-hydrogen) atoms. The summed E-state index contributed by atoms with van der Waals surface area (Å²) >= 11 is 0. The summed E-state index contributed by atoms with van der Waals surface area (Å²) in [6.45, 7) is 12.0. The first-order valence-electron chi connectivity index (χ1n) is 9.59. The van der Waals surface area contributed by atoms with E-state index in [0.717, 1.165) is 17.6 Å². The minimum Gasteiger partial charge on any atom is -0.481 e. The topological polar surface area (TPSA) is 78.3 Å². The molecule has 1 aromatic heterocycles. The second-order valence-electron chi connectivity index (χ2n) is 7.53. The van der Waals surface area contributed by atoms with E-state index in [4.69, 9.17) is 4.74 Å². The molecule has 2 aromatic rings. The Morgan fingerprint density at radius 1 is 1.14 bits per heavy atom. The van der Waals surface area contributed by atoms with Gasteiger partial charge in [-0.2, -0.15) is 5.10 Å². The number of ketones is 1. The van der Waals surface area contributed by atoms with Crippen molar-refractivity contribution in [3.63, 3.8) is 0 Å². The van der Waals surface area contributed by atoms with Crippen molar-refractivity contribution in [1.29, 1.82) is 0 Å². The molecular weight excluding hydrogens is 388 g/mol. The fraction of sp³-hybridized carbons (Fsp3) is 0.455. The normalized spacial score (nSPS) is 11.4. The lowest BCUT2D eigenvalue weighted by atomic mass is 9.91. The molecule has 0 radical (unpaired) electrons. The van der Waals surface area contributed by atoms with E-state index >= 15 is 0 Å². The van der Waals surface area contributed by atoms with Gasteiger partial charge in [0, 0.05) is 18.4 Å². The van der Waals surface area contributed by atoms with Crippen molar-refractivity contribution in [2.75, 3.05) is 13.4 Å². The average Bonchev–Trinajstić information content (AvgIpc) is 2.94. The fourth-order valence-electron chi connectivity index (χ4n) is 3.49. The zero-order chi connectivity index (χ0) is 22.1. The van der Waals surface area contributed by atoms with Crippen molar-refractivity contribution in [3.05, 3.63) is 45.7 Å². The van der Waals surface area contributed by atoms with E-state index in [9.17, 15) is 13.2 Å². The Kier molecular flexibility index (Phi) is 6.73. The van der Waals surface area contributed by atoms with Crippen LogP contribution in [0.1, 0.15) is 66.9 Å². The molecule has 7 heteroatoms. The van der Waals surface area contributed by atoms with Crippen LogP contribution in [0.25, 0.3) is 5.57 Å². The third kappa shape index (κ3) is 4.29. The summed E-state index contributed by atoms with van der Waals surface area (Å²) in [7, 11) is -1.93. The van der Waals surface area contributed by atoms with Crippen molar-refractivity contribution in [3.8, 4) is 5.88 Å². The standard InChI is InChI=1S/C22H30N2O4S/c1-9-12-24-22(28-7)20(16(6)23-24)21(25)17-10-11-18(29(8,26)27)19(15(17)5)14(4)13(2)3/h10-11H,9,12H2,1-8H3. The average molecular weight is 419 g/mol. The number of aryl methyl sites for hydroxylation is 2. The van der Waals surface area contributed by atoms with E-state index in [0.29, 0.717) is 40.4 Å². The zero-order valence-electron chi connectivity index (χ0n) is 18.5. The third-order valence-corrected chi connectivity index (χ3v) is 6.27. The molecule has 0 unspecified atom stereocenters. The summed E-state index contributed by atoms with van der Waals surface area (Å²) in [5, 5.41) is 4.46. The van der Waals surface area contributed by atoms with Gasteiger partial charge in [-0.25, -0.2) is 13.1 Å². The first-order valence-corrected chi connectivity index (χ1v) is 11.5. The Morgan fingerprint density at radius 2 is 1.76 bits per heavy atom. The fourth-order valence-corrected chi connectivity index (χ4v) is 4.48. The molecule has 0 saturated carbocycles. The van der Waals surface area contributed by atoms with Crippen LogP contribution in [0.5, 0.6) is 5.88 Å². The SMILES string of the molecule is CCCn1nc(C)c(C(=O)c2ccc(S(C)(=O)=O)c(C(C)=C(C)C)c2C)c1OC. The second kappa shape index (κ2) is 8.53. The maximum Gasteiger partial charge on any atom is 0.223 e. The van der Waals surface area contributed by atoms with E-state index in [1.54, 1.807) is 24.6 Å². The van der Waals surface area contributed by atoms with E-state index in [1.807, 2.05) is 27.7 Å². The molecule has 2 rings (SSSR count). The number of sulfone groups is 1. The van der Waals surface area contributed by atoms with Gasteiger partial charge in [0.05, 0.1) is 17.7 Å². The van der Waals surface area contributed by atoms with Crippen LogP contribution in [0.3, 0.4) is 0 Å². The summed E-state index contributed by atoms with van der Waals surface area (Å²) in [5.74, 6) is 0.212. The number of carbonyl (C=O) groups is 1. The Morgan fingerprint density at radius 3 is 2.24 bits per heavy atom. The number of methoxy groups -OCH3 is 1. The quantitative estimate of drug-likeness (QED) is 0.624. The van der Waals surface area contributed by atoms with Crippen LogP contribution in [0.4, 0.5) is 0 Å². The minimum absolute atomic E-state index is 0.220. The van der Waals surface area contributed by atoms with Crippen molar-refractivity contribution >= 4 is 21.2 Å². The van der Waals surface area contributed by atoms with Crippen LogP contribution < -0.4 is 4.74 Å². The summed E-state index contributed by atoms with van der Waals surface area (Å²) in [5.41, 5.74) is 4.53. The number of aromatic nitrogens is 2. The zero-order valence-corrected chi connectivity index (χ0v) is 19.3. The van der Waals surface area contributed by atoms with Crippen LogP contribution in [0, 0.1) is 13.8 Å². The Balaban J connectivity index is 2.80. The molecule has 0 saturated heterocycles. The first-order chi connectivity index (χ1) is 13.4. The molecule has 0 atom stereocenters. The van der Waals surface area contributed by atoms with Crippen LogP contribution >= 0.6 is 0 Å². The van der Waals surface area contributed by atoms with E-state index < -0.39 is 9.84 Å². The maximum absolute atomic E-state index is 13.5. The summed E-state index contributed by atoms with van der Waals surface area (Å²) in [6, 6.07) is 3.11. The van der Waals surface area contributed by atoms with Gasteiger partial charge in [-0.15, -0.1) is 0 Å². The molecule has 0 bridgehead atoms. The number of carbonyl (C=O) groups excluding carboxylic acids is 1. The number of nitrogens with zero attached hydrogens (tertiary/aromatic N) is 2. The molecule has 0 amide bonds. The molecule has 1 aromatic carbocycles. The van der Waals surface area contributed by atoms with Gasteiger partial charge >= 0.3 is 0 Å². The van der Waals surface area contributed by atoms with Crippen LogP contribution in [-0.4, -0.2) is 37.3 Å². The van der Waals surface area contributed by atoms with Gasteiger partial charge in [0.1, 0.15) is 5.56 Å². The Labute approximate surface area is 173 Å². The van der Waals surface area contributed by atoms with Gasteiger partial charge in [0.2, 0.25) is 11.7 Å². The van der Waals surface area contributed by atoms with Crippen LogP contribution in [0.15, 0.2) is 22.6 Å². The molecule has 0 aliphatic rings. The Bertz CT molecular complexity index is 1090. The van der Waals surface area contributed by atoms with Crippen LogP contribution in [0.2, 0.25) is 0 Å². The van der Waals surface area contributed by atoms with Gasteiger partial charge in [-0.05, 0) is 69.9 Å². The van der Waals surface area contributed by atoms with Gasteiger partial charge < -0.3 is 4.74 Å². The molecule has 158 valence electrons. The minimum atomic E-state index is -3.45. The lowest BCUT2D eigenvalue weighted by Crippen LogP contribution is -2.12. The number of benzene rings is 1. The van der Waals surface area contributed by atoms with Gasteiger partial charge in [-0.1, -0.05) is 12.5 Å². The molecule has 6 nitrogen and oxygen atoms in total. The van der Waals surface area contributed by atoms with E-state index in [2.05, 4.69) is 5.10 Å². The molecule has 0 N–H and O–H groups in total. The summed E-state index contributed by atoms with van der Waals surface area (Å²) < 4.78 is 31.9. The van der Waals surface area contributed by atoms with Crippen molar-refractivity contribution in [1.82, 2.24) is 9.78 Å². The van der Waals surface area contributed by atoms with Gasteiger partial charge in [0.25, 0.3) is 0 Å². The highest BCUT2D eigenvalue weighted by Crippen LogP contribution is 2.33. The monoisotopic (exact) mass is 418 g/mol. The number of rotatable bonds is 7. The molecule has 0 fully saturated rings. The number of hydrogen-bond acceptors (Lipinski definition) is 5. The summed E-state index contributed by atoms with van der Waals surface area (Å²) in [6.07, 6.45) is 2.05. The van der Waals surface area contributed by atoms with Gasteiger partial charge in [0.15, 0.2) is 9.84 Å². The third-order valence-electron chi connectivity index (χ3n) is 5.13. The predicted molar refractivity (Wildman–Crippen MR) is 115 cm³/mol. The molecule has 0 aliphatic carbocycles. The smallest absolute Gasteiger partial charge is 0.223 e. The van der Waals surface area contributed by atoms with Crippen molar-refractivity contribution < 1.29 is 17.9 Å². The van der Waals surface area contributed by atoms with Crippen LogP contribution in [-0.2, 0) is 16.4 Å². The van der Waals surface area contributed by atoms with E-state index in [-0.39, 0.29) is 10.7 Å². The predicted octanol–water partition coefficient (Wildman–Crippen LogP) is 4.37. The highest BCUT2D eigenvalue weighted by Gasteiger charge is 2.27. The largest absolute Gasteiger partial charge is 0.481 e. The second-order valence-corrected chi connectivity index (χ2v) is 9.51. The highest BCUT2D eigenvalue weighted by molar-refractivity contribution is 7.90. The van der Waals surface area contributed by atoms with Crippen molar-refractivity contribution in [2.24, 2.45) is 0 Å². The molecule has 1 heterocycles. The van der Waals surface area contributed by atoms with E-state index in [1.165, 1.54) is 19.4 Å². The maximum atomic E-state index is 13.5. The summed E-state index contributed by atoms with van der Waals surface area (Å²) in [4.78, 5) is 13.7. The van der Waals surface area contributed by atoms with Gasteiger partial charge in [-0.3, -0.25) is 4.79 Å². The molecular formula is C22H30N2O4S.